The topological polar surface area (TPSA) is 63.3 Å². The van der Waals surface area contributed by atoms with Gasteiger partial charge in [-0.1, -0.05) is 39.0 Å². The molecular formula is C16H15NO3S. The standard InChI is InChI=1S/C16H15NO3S/c1-16(2,3)15-17-12(14(18)19)13(21-15)11-8-9-6-4-5-7-10(9)20-11/h4-8H,1-3H3,(H,18,19). The van der Waals surface area contributed by atoms with Crippen LogP contribution in [0.3, 0.4) is 0 Å². The molecule has 0 fully saturated rings. The van der Waals surface area contributed by atoms with Crippen LogP contribution in [-0.4, -0.2) is 16.1 Å². The van der Waals surface area contributed by atoms with Gasteiger partial charge in [-0.05, 0) is 12.1 Å². The zero-order chi connectivity index (χ0) is 15.2. The first-order valence-corrected chi connectivity index (χ1v) is 7.41. The van der Waals surface area contributed by atoms with Crippen LogP contribution in [0.2, 0.25) is 0 Å². The van der Waals surface area contributed by atoms with E-state index in [0.717, 1.165) is 16.0 Å². The van der Waals surface area contributed by atoms with Gasteiger partial charge in [0.1, 0.15) is 16.2 Å². The number of fused-ring (bicyclic) bond motifs is 1. The summed E-state index contributed by atoms with van der Waals surface area (Å²) in [4.78, 5) is 16.3. The number of para-hydroxylation sites is 1. The van der Waals surface area contributed by atoms with Gasteiger partial charge >= 0.3 is 5.97 Å². The average Bonchev–Trinajstić information content (AvgIpc) is 3.01. The molecule has 0 unspecified atom stereocenters. The number of aromatic carboxylic acids is 1. The van der Waals surface area contributed by atoms with Gasteiger partial charge in [-0.15, -0.1) is 11.3 Å². The van der Waals surface area contributed by atoms with E-state index in [1.54, 1.807) is 0 Å². The van der Waals surface area contributed by atoms with E-state index >= 15 is 0 Å². The Labute approximate surface area is 126 Å². The summed E-state index contributed by atoms with van der Waals surface area (Å²) < 4.78 is 5.78. The molecule has 0 saturated heterocycles. The predicted molar refractivity (Wildman–Crippen MR) is 83.0 cm³/mol. The van der Waals surface area contributed by atoms with Crippen LogP contribution in [0.4, 0.5) is 0 Å². The molecule has 21 heavy (non-hydrogen) atoms. The van der Waals surface area contributed by atoms with Crippen LogP contribution in [0.15, 0.2) is 34.7 Å². The van der Waals surface area contributed by atoms with Crippen molar-refractivity contribution >= 4 is 28.3 Å². The van der Waals surface area contributed by atoms with Crippen molar-refractivity contribution in [1.29, 1.82) is 0 Å². The first-order chi connectivity index (χ1) is 9.86. The van der Waals surface area contributed by atoms with Gasteiger partial charge in [0.25, 0.3) is 0 Å². The zero-order valence-electron chi connectivity index (χ0n) is 12.0. The summed E-state index contributed by atoms with van der Waals surface area (Å²) in [6.07, 6.45) is 0. The van der Waals surface area contributed by atoms with E-state index in [4.69, 9.17) is 4.42 Å². The maximum absolute atomic E-state index is 11.5. The Hall–Kier alpha value is -2.14. The number of carboxylic acids is 1. The van der Waals surface area contributed by atoms with Crippen LogP contribution in [0.5, 0.6) is 0 Å². The average molecular weight is 301 g/mol. The number of rotatable bonds is 2. The molecule has 0 saturated carbocycles. The fraction of sp³-hybridized carbons (Fsp3) is 0.250. The lowest BCUT2D eigenvalue weighted by atomic mass is 9.98. The molecule has 4 nitrogen and oxygen atoms in total. The minimum Gasteiger partial charge on any atom is -0.476 e. The number of furan rings is 1. The molecule has 0 atom stereocenters. The number of nitrogens with zero attached hydrogens (tertiary/aromatic N) is 1. The monoisotopic (exact) mass is 301 g/mol. The highest BCUT2D eigenvalue weighted by atomic mass is 32.1. The molecule has 0 spiro atoms. The lowest BCUT2D eigenvalue weighted by Crippen LogP contribution is -2.11. The van der Waals surface area contributed by atoms with Gasteiger partial charge in [-0.25, -0.2) is 9.78 Å². The minimum absolute atomic E-state index is 0.0592. The highest BCUT2D eigenvalue weighted by molar-refractivity contribution is 7.15. The first-order valence-electron chi connectivity index (χ1n) is 6.60. The number of aromatic nitrogens is 1. The molecule has 2 aromatic heterocycles. The lowest BCUT2D eigenvalue weighted by Gasteiger charge is -2.13. The summed E-state index contributed by atoms with van der Waals surface area (Å²) in [5.41, 5.74) is 0.609. The summed E-state index contributed by atoms with van der Waals surface area (Å²) in [6.45, 7) is 6.04. The Bertz CT molecular complexity index is 791. The van der Waals surface area contributed by atoms with Gasteiger partial charge in [0.05, 0.1) is 5.01 Å². The van der Waals surface area contributed by atoms with E-state index in [0.29, 0.717) is 10.6 Å². The number of hydrogen-bond donors (Lipinski definition) is 1. The van der Waals surface area contributed by atoms with Crippen LogP contribution >= 0.6 is 11.3 Å². The summed E-state index contributed by atoms with van der Waals surface area (Å²) in [7, 11) is 0. The van der Waals surface area contributed by atoms with Gasteiger partial charge < -0.3 is 9.52 Å². The molecule has 3 rings (SSSR count). The van der Waals surface area contributed by atoms with Gasteiger partial charge in [-0.3, -0.25) is 0 Å². The third-order valence-electron chi connectivity index (χ3n) is 3.12. The van der Waals surface area contributed by atoms with Crippen molar-refractivity contribution in [3.8, 4) is 10.6 Å². The van der Waals surface area contributed by atoms with Crippen LogP contribution in [0, 0.1) is 0 Å². The Balaban J connectivity index is 2.20. The number of thiazole rings is 1. The molecule has 3 aromatic rings. The fourth-order valence-corrected chi connectivity index (χ4v) is 3.11. The number of carbonyl (C=O) groups is 1. The lowest BCUT2D eigenvalue weighted by molar-refractivity contribution is 0.0691. The van der Waals surface area contributed by atoms with E-state index < -0.39 is 5.97 Å². The Morgan fingerprint density at radius 3 is 2.62 bits per heavy atom. The van der Waals surface area contributed by atoms with Crippen molar-refractivity contribution in [2.75, 3.05) is 0 Å². The molecule has 0 radical (unpaired) electrons. The summed E-state index contributed by atoms with van der Waals surface area (Å²) in [5, 5.41) is 11.1. The molecule has 0 aliphatic rings. The highest BCUT2D eigenvalue weighted by Crippen LogP contribution is 2.38. The van der Waals surface area contributed by atoms with Crippen molar-refractivity contribution in [1.82, 2.24) is 4.98 Å². The number of benzene rings is 1. The van der Waals surface area contributed by atoms with E-state index in [1.807, 2.05) is 51.1 Å². The highest BCUT2D eigenvalue weighted by Gasteiger charge is 2.26. The van der Waals surface area contributed by atoms with Gasteiger partial charge in [0.2, 0.25) is 0 Å². The van der Waals surface area contributed by atoms with Gasteiger partial charge in [0.15, 0.2) is 5.69 Å². The predicted octanol–water partition coefficient (Wildman–Crippen LogP) is 4.55. The third-order valence-corrected chi connectivity index (χ3v) is 4.62. The summed E-state index contributed by atoms with van der Waals surface area (Å²) in [5.74, 6) is -0.473. The fourth-order valence-electron chi connectivity index (χ4n) is 2.05. The second-order valence-electron chi connectivity index (χ2n) is 5.90. The largest absolute Gasteiger partial charge is 0.476 e. The Morgan fingerprint density at radius 2 is 2.00 bits per heavy atom. The Kier molecular flexibility index (Phi) is 3.10. The van der Waals surface area contributed by atoms with E-state index in [1.165, 1.54) is 11.3 Å². The molecule has 0 amide bonds. The Morgan fingerprint density at radius 1 is 1.29 bits per heavy atom. The molecule has 1 aromatic carbocycles. The van der Waals surface area contributed by atoms with Crippen molar-refractivity contribution in [3.05, 3.63) is 41.0 Å². The van der Waals surface area contributed by atoms with Crippen LogP contribution in [-0.2, 0) is 5.41 Å². The normalized spacial score (nSPS) is 12.0. The smallest absolute Gasteiger partial charge is 0.356 e. The molecule has 0 bridgehead atoms. The van der Waals surface area contributed by atoms with E-state index in [-0.39, 0.29) is 11.1 Å². The van der Waals surface area contributed by atoms with Crippen molar-refractivity contribution < 1.29 is 14.3 Å². The van der Waals surface area contributed by atoms with Gasteiger partial charge in [-0.2, -0.15) is 0 Å². The van der Waals surface area contributed by atoms with Crippen molar-refractivity contribution in [3.63, 3.8) is 0 Å². The number of hydrogen-bond acceptors (Lipinski definition) is 4. The molecule has 0 aliphatic carbocycles. The number of carboxylic acid groups (broad SMARTS) is 1. The minimum atomic E-state index is -1.03. The molecule has 5 heteroatoms. The zero-order valence-corrected chi connectivity index (χ0v) is 12.8. The first kappa shape index (κ1) is 13.8. The van der Waals surface area contributed by atoms with Crippen molar-refractivity contribution in [2.24, 2.45) is 0 Å². The van der Waals surface area contributed by atoms with E-state index in [9.17, 15) is 9.90 Å². The van der Waals surface area contributed by atoms with Crippen LogP contribution in [0.1, 0.15) is 36.3 Å². The second-order valence-corrected chi connectivity index (χ2v) is 6.90. The summed E-state index contributed by atoms with van der Waals surface area (Å²) in [6, 6.07) is 9.48. The molecule has 108 valence electrons. The van der Waals surface area contributed by atoms with E-state index in [2.05, 4.69) is 4.98 Å². The summed E-state index contributed by atoms with van der Waals surface area (Å²) >= 11 is 1.38. The van der Waals surface area contributed by atoms with Crippen molar-refractivity contribution in [2.45, 2.75) is 26.2 Å². The third kappa shape index (κ3) is 2.45. The van der Waals surface area contributed by atoms with Crippen LogP contribution < -0.4 is 0 Å². The van der Waals surface area contributed by atoms with Crippen LogP contribution in [0.25, 0.3) is 21.6 Å². The maximum atomic E-state index is 11.5. The van der Waals surface area contributed by atoms with Gasteiger partial charge in [0, 0.05) is 10.8 Å². The quantitative estimate of drug-likeness (QED) is 0.754. The molecule has 2 heterocycles. The molecule has 0 aliphatic heterocycles. The molecular weight excluding hydrogens is 286 g/mol. The SMILES string of the molecule is CC(C)(C)c1nc(C(=O)O)c(-c2cc3ccccc3o2)s1. The maximum Gasteiger partial charge on any atom is 0.356 e. The second kappa shape index (κ2) is 4.70. The molecule has 1 N–H and O–H groups in total.